The van der Waals surface area contributed by atoms with Crippen molar-refractivity contribution in [3.8, 4) is 11.5 Å². The van der Waals surface area contributed by atoms with E-state index in [1.807, 2.05) is 0 Å². The van der Waals surface area contributed by atoms with Gasteiger partial charge in [0.05, 0.1) is 0 Å². The number of primary amides is 1. The van der Waals surface area contributed by atoms with Gasteiger partial charge in [0.2, 0.25) is 0 Å². The number of hydrogen-bond donors (Lipinski definition) is 2. The molecular weight excluding hydrogens is 210 g/mol. The molecule has 2 heterocycles. The van der Waals surface area contributed by atoms with Crippen molar-refractivity contribution < 1.29 is 4.79 Å². The van der Waals surface area contributed by atoms with E-state index in [1.54, 1.807) is 12.1 Å². The number of aromatic amines is 1. The number of nitrogens with two attached hydrogens (primary N) is 1. The molecule has 0 aliphatic rings. The van der Waals surface area contributed by atoms with Gasteiger partial charge in [-0.25, -0.2) is 4.98 Å². The molecule has 0 unspecified atom stereocenters. The molecule has 0 bridgehead atoms. The summed E-state index contributed by atoms with van der Waals surface area (Å²) in [5.74, 6) is -0.581. The van der Waals surface area contributed by atoms with Crippen LogP contribution in [-0.2, 0) is 0 Å². The molecule has 2 aromatic heterocycles. The van der Waals surface area contributed by atoms with E-state index in [2.05, 4.69) is 20.2 Å². The predicted octanol–water partition coefficient (Wildman–Crippen LogP) is -0.674. The predicted molar refractivity (Wildman–Crippen MR) is 54.4 cm³/mol. The quantitative estimate of drug-likeness (QED) is 0.691. The molecule has 0 fully saturated rings. The van der Waals surface area contributed by atoms with E-state index < -0.39 is 11.5 Å². The minimum absolute atomic E-state index is 0.187. The van der Waals surface area contributed by atoms with Gasteiger partial charge in [0.15, 0.2) is 5.82 Å². The minimum Gasteiger partial charge on any atom is -0.365 e. The van der Waals surface area contributed by atoms with Gasteiger partial charge >= 0.3 is 0 Å². The van der Waals surface area contributed by atoms with E-state index >= 15 is 0 Å². The summed E-state index contributed by atoms with van der Waals surface area (Å²) in [7, 11) is 0. The highest BCUT2D eigenvalue weighted by Crippen LogP contribution is 2.06. The first-order chi connectivity index (χ1) is 7.68. The smallest absolute Gasteiger partial charge is 0.264 e. The van der Waals surface area contributed by atoms with E-state index in [9.17, 15) is 9.59 Å². The largest absolute Gasteiger partial charge is 0.365 e. The lowest BCUT2D eigenvalue weighted by Gasteiger charge is -1.98. The van der Waals surface area contributed by atoms with Gasteiger partial charge in [-0.1, -0.05) is 0 Å². The topological polar surface area (TPSA) is 115 Å². The van der Waals surface area contributed by atoms with Crippen LogP contribution in [0.25, 0.3) is 11.5 Å². The first-order valence-electron chi connectivity index (χ1n) is 4.35. The standard InChI is InChI=1S/C9H7N5O2/c10-7(15)5-4-11-8(13-9(5)16)6-2-1-3-12-14-6/h1-4H,(H2,10,15)(H,11,13,16). The fourth-order valence-electron chi connectivity index (χ4n) is 1.13. The third-order valence-corrected chi connectivity index (χ3v) is 1.88. The molecule has 0 saturated heterocycles. The number of carbonyl (C=O) groups excluding carboxylic acids is 1. The first-order valence-corrected chi connectivity index (χ1v) is 4.35. The molecule has 80 valence electrons. The average Bonchev–Trinajstić information content (AvgIpc) is 2.29. The van der Waals surface area contributed by atoms with E-state index in [4.69, 9.17) is 5.73 Å². The average molecular weight is 217 g/mol. The van der Waals surface area contributed by atoms with Crippen LogP contribution in [0.15, 0.2) is 29.3 Å². The van der Waals surface area contributed by atoms with Gasteiger partial charge in [-0.15, -0.1) is 5.10 Å². The molecule has 7 heteroatoms. The molecule has 2 aromatic rings. The van der Waals surface area contributed by atoms with Gasteiger partial charge in [-0.05, 0) is 12.1 Å². The Balaban J connectivity index is 2.51. The second-order valence-electron chi connectivity index (χ2n) is 2.95. The van der Waals surface area contributed by atoms with Crippen LogP contribution in [0.5, 0.6) is 0 Å². The number of H-pyrrole nitrogens is 1. The van der Waals surface area contributed by atoms with Gasteiger partial charge in [0.1, 0.15) is 11.3 Å². The highest BCUT2D eigenvalue weighted by Gasteiger charge is 2.09. The Morgan fingerprint density at radius 3 is 2.81 bits per heavy atom. The Labute approximate surface area is 89.4 Å². The fraction of sp³-hybridized carbons (Fsp3) is 0. The number of aromatic nitrogens is 4. The van der Waals surface area contributed by atoms with Crippen LogP contribution in [0.2, 0.25) is 0 Å². The monoisotopic (exact) mass is 217 g/mol. The van der Waals surface area contributed by atoms with Crippen molar-refractivity contribution in [3.05, 3.63) is 40.4 Å². The maximum absolute atomic E-state index is 11.4. The van der Waals surface area contributed by atoms with E-state index in [-0.39, 0.29) is 11.4 Å². The highest BCUT2D eigenvalue weighted by molar-refractivity contribution is 5.92. The second kappa shape index (κ2) is 3.89. The molecule has 0 aromatic carbocycles. The molecule has 16 heavy (non-hydrogen) atoms. The lowest BCUT2D eigenvalue weighted by Crippen LogP contribution is -2.24. The third-order valence-electron chi connectivity index (χ3n) is 1.88. The molecule has 0 aliphatic carbocycles. The van der Waals surface area contributed by atoms with Crippen molar-refractivity contribution in [3.63, 3.8) is 0 Å². The Bertz CT molecular complexity index is 578. The molecule has 7 nitrogen and oxygen atoms in total. The van der Waals surface area contributed by atoms with Crippen LogP contribution in [0.1, 0.15) is 10.4 Å². The van der Waals surface area contributed by atoms with E-state index in [0.717, 1.165) is 6.20 Å². The maximum atomic E-state index is 11.4. The molecular formula is C9H7N5O2. The first kappa shape index (κ1) is 9.97. The van der Waals surface area contributed by atoms with Gasteiger partial charge < -0.3 is 10.7 Å². The molecule has 0 atom stereocenters. The van der Waals surface area contributed by atoms with Crippen LogP contribution in [0.4, 0.5) is 0 Å². The van der Waals surface area contributed by atoms with E-state index in [0.29, 0.717) is 5.69 Å². The lowest BCUT2D eigenvalue weighted by atomic mass is 10.3. The Kier molecular flexibility index (Phi) is 2.42. The summed E-state index contributed by atoms with van der Waals surface area (Å²) in [5.41, 5.74) is 4.61. The third kappa shape index (κ3) is 1.78. The van der Waals surface area contributed by atoms with Crippen LogP contribution in [0.3, 0.4) is 0 Å². The fourth-order valence-corrected chi connectivity index (χ4v) is 1.13. The summed E-state index contributed by atoms with van der Waals surface area (Å²) >= 11 is 0. The van der Waals surface area contributed by atoms with Crippen molar-refractivity contribution in [2.24, 2.45) is 5.73 Å². The molecule has 0 radical (unpaired) electrons. The zero-order valence-electron chi connectivity index (χ0n) is 8.04. The van der Waals surface area contributed by atoms with Crippen molar-refractivity contribution in [2.45, 2.75) is 0 Å². The van der Waals surface area contributed by atoms with Gasteiger partial charge in [0.25, 0.3) is 11.5 Å². The second-order valence-corrected chi connectivity index (χ2v) is 2.95. The van der Waals surface area contributed by atoms with Crippen LogP contribution in [0, 0.1) is 0 Å². The summed E-state index contributed by atoms with van der Waals surface area (Å²) in [4.78, 5) is 28.5. The lowest BCUT2D eigenvalue weighted by molar-refractivity contribution is 0.0998. The van der Waals surface area contributed by atoms with Crippen LogP contribution < -0.4 is 11.3 Å². The maximum Gasteiger partial charge on any atom is 0.264 e. The summed E-state index contributed by atoms with van der Waals surface area (Å²) in [6.45, 7) is 0. The van der Waals surface area contributed by atoms with Crippen molar-refractivity contribution in [1.29, 1.82) is 0 Å². The number of carbonyl (C=O) groups is 1. The van der Waals surface area contributed by atoms with Crippen molar-refractivity contribution in [1.82, 2.24) is 20.2 Å². The van der Waals surface area contributed by atoms with Crippen LogP contribution in [-0.4, -0.2) is 26.1 Å². The van der Waals surface area contributed by atoms with Gasteiger partial charge in [0, 0.05) is 12.4 Å². The zero-order chi connectivity index (χ0) is 11.5. The van der Waals surface area contributed by atoms with Crippen molar-refractivity contribution in [2.75, 3.05) is 0 Å². The molecule has 2 rings (SSSR count). The number of hydrogen-bond acceptors (Lipinski definition) is 5. The normalized spacial score (nSPS) is 10.0. The zero-order valence-corrected chi connectivity index (χ0v) is 8.04. The summed E-state index contributed by atoms with van der Waals surface area (Å²) < 4.78 is 0. The number of nitrogens with zero attached hydrogens (tertiary/aromatic N) is 3. The molecule has 3 N–H and O–H groups in total. The highest BCUT2D eigenvalue weighted by atomic mass is 16.2. The SMILES string of the molecule is NC(=O)c1cnc(-c2cccnn2)[nH]c1=O. The Hall–Kier alpha value is -2.57. The Morgan fingerprint density at radius 1 is 1.44 bits per heavy atom. The molecule has 0 saturated carbocycles. The number of nitrogens with one attached hydrogen (secondary N) is 1. The van der Waals surface area contributed by atoms with Crippen molar-refractivity contribution >= 4 is 5.91 Å². The number of amides is 1. The molecule has 0 aliphatic heterocycles. The Morgan fingerprint density at radius 2 is 2.25 bits per heavy atom. The molecule has 1 amide bonds. The van der Waals surface area contributed by atoms with Crippen LogP contribution >= 0.6 is 0 Å². The summed E-state index contributed by atoms with van der Waals surface area (Å²) in [6, 6.07) is 3.29. The van der Waals surface area contributed by atoms with Gasteiger partial charge in [-0.2, -0.15) is 5.10 Å². The van der Waals surface area contributed by atoms with E-state index in [1.165, 1.54) is 6.20 Å². The molecule has 0 spiro atoms. The summed E-state index contributed by atoms with van der Waals surface area (Å²) in [6.07, 6.45) is 2.62. The summed E-state index contributed by atoms with van der Waals surface area (Å²) in [5, 5.41) is 7.41. The number of rotatable bonds is 2. The van der Waals surface area contributed by atoms with Gasteiger partial charge in [-0.3, -0.25) is 9.59 Å². The minimum atomic E-state index is -0.820.